The standard InChI is InChI=1S/C20H24N4O7S/c1-3-31-20-12-15(4-7-19(20)29-2)14-21-22-17-6-5-16(13-18(17)24(25)26)32(27,28)23-8-10-30-11-9-23/h4-7,12-14,22H,3,8-11H2,1-2H3/b21-14+. The number of morpholine rings is 1. The first-order chi connectivity index (χ1) is 15.4. The summed E-state index contributed by atoms with van der Waals surface area (Å²) in [5.41, 5.74) is 2.94. The fraction of sp³-hybridized carbons (Fsp3) is 0.350. The van der Waals surface area contributed by atoms with E-state index in [1.165, 1.54) is 29.8 Å². The van der Waals surface area contributed by atoms with Crippen molar-refractivity contribution in [3.63, 3.8) is 0 Å². The number of nitrogens with one attached hydrogen (secondary N) is 1. The molecule has 172 valence electrons. The Hall–Kier alpha value is -3.22. The van der Waals surface area contributed by atoms with Gasteiger partial charge in [-0.1, -0.05) is 0 Å². The molecule has 2 aromatic carbocycles. The topological polar surface area (TPSA) is 133 Å². The first-order valence-corrected chi connectivity index (χ1v) is 11.3. The number of nitrogens with zero attached hydrogens (tertiary/aromatic N) is 3. The number of nitro benzene ring substituents is 1. The average Bonchev–Trinajstić information content (AvgIpc) is 2.80. The van der Waals surface area contributed by atoms with Gasteiger partial charge in [0.05, 0.1) is 43.0 Å². The lowest BCUT2D eigenvalue weighted by Crippen LogP contribution is -2.40. The van der Waals surface area contributed by atoms with E-state index in [-0.39, 0.29) is 36.9 Å². The second kappa shape index (κ2) is 10.4. The van der Waals surface area contributed by atoms with E-state index in [2.05, 4.69) is 10.5 Å². The monoisotopic (exact) mass is 464 g/mol. The van der Waals surface area contributed by atoms with E-state index in [4.69, 9.17) is 14.2 Å². The lowest BCUT2D eigenvalue weighted by molar-refractivity contribution is -0.384. The molecule has 0 aromatic heterocycles. The van der Waals surface area contributed by atoms with Gasteiger partial charge in [0.15, 0.2) is 11.5 Å². The van der Waals surface area contributed by atoms with Crippen molar-refractivity contribution < 1.29 is 27.6 Å². The van der Waals surface area contributed by atoms with Crippen molar-refractivity contribution in [2.24, 2.45) is 5.10 Å². The second-order valence-electron chi connectivity index (χ2n) is 6.67. The van der Waals surface area contributed by atoms with Crippen molar-refractivity contribution in [2.45, 2.75) is 11.8 Å². The summed E-state index contributed by atoms with van der Waals surface area (Å²) in [4.78, 5) is 10.7. The van der Waals surface area contributed by atoms with Crippen molar-refractivity contribution in [1.82, 2.24) is 4.31 Å². The number of hydrazone groups is 1. The Morgan fingerprint density at radius 2 is 1.97 bits per heavy atom. The van der Waals surface area contributed by atoms with Crippen LogP contribution in [0, 0.1) is 10.1 Å². The number of sulfonamides is 1. The lowest BCUT2D eigenvalue weighted by atomic mass is 10.2. The summed E-state index contributed by atoms with van der Waals surface area (Å²) in [6.07, 6.45) is 1.46. The summed E-state index contributed by atoms with van der Waals surface area (Å²) < 4.78 is 42.7. The zero-order chi connectivity index (χ0) is 23.1. The van der Waals surface area contributed by atoms with Crippen LogP contribution >= 0.6 is 0 Å². The maximum absolute atomic E-state index is 12.8. The third-order valence-electron chi connectivity index (χ3n) is 4.66. The van der Waals surface area contributed by atoms with Crippen LogP contribution in [-0.2, 0) is 14.8 Å². The molecule has 11 nitrogen and oxygen atoms in total. The molecule has 0 amide bonds. The molecule has 1 N–H and O–H groups in total. The molecule has 12 heteroatoms. The average molecular weight is 465 g/mol. The lowest BCUT2D eigenvalue weighted by Gasteiger charge is -2.26. The fourth-order valence-corrected chi connectivity index (χ4v) is 4.50. The zero-order valence-corrected chi connectivity index (χ0v) is 18.5. The molecule has 0 bridgehead atoms. The molecular formula is C20H24N4O7S. The van der Waals surface area contributed by atoms with Gasteiger partial charge in [-0.15, -0.1) is 0 Å². The summed E-state index contributed by atoms with van der Waals surface area (Å²) in [6, 6.07) is 8.86. The molecule has 1 aliphatic heterocycles. The van der Waals surface area contributed by atoms with E-state index in [0.717, 1.165) is 6.07 Å². The van der Waals surface area contributed by atoms with E-state index in [0.29, 0.717) is 23.7 Å². The van der Waals surface area contributed by atoms with Crippen LogP contribution in [0.3, 0.4) is 0 Å². The van der Waals surface area contributed by atoms with E-state index in [9.17, 15) is 18.5 Å². The Kier molecular flexibility index (Phi) is 7.62. The van der Waals surface area contributed by atoms with Gasteiger partial charge in [-0.3, -0.25) is 15.5 Å². The van der Waals surface area contributed by atoms with Crippen LogP contribution in [0.5, 0.6) is 11.5 Å². The van der Waals surface area contributed by atoms with Crippen LogP contribution in [0.1, 0.15) is 12.5 Å². The largest absolute Gasteiger partial charge is 0.493 e. The number of rotatable bonds is 9. The van der Waals surface area contributed by atoms with Crippen LogP contribution in [0.2, 0.25) is 0 Å². The summed E-state index contributed by atoms with van der Waals surface area (Å²) >= 11 is 0. The number of hydrogen-bond acceptors (Lipinski definition) is 9. The highest BCUT2D eigenvalue weighted by atomic mass is 32.2. The first kappa shape index (κ1) is 23.4. The molecule has 1 heterocycles. The molecule has 2 aromatic rings. The van der Waals surface area contributed by atoms with Gasteiger partial charge in [0, 0.05) is 19.2 Å². The van der Waals surface area contributed by atoms with Gasteiger partial charge in [0.1, 0.15) is 5.69 Å². The Bertz CT molecular complexity index is 1100. The molecule has 0 spiro atoms. The van der Waals surface area contributed by atoms with Gasteiger partial charge in [0.2, 0.25) is 10.0 Å². The highest BCUT2D eigenvalue weighted by Crippen LogP contribution is 2.30. The van der Waals surface area contributed by atoms with Crippen molar-refractivity contribution in [3.8, 4) is 11.5 Å². The second-order valence-corrected chi connectivity index (χ2v) is 8.60. The molecule has 1 saturated heterocycles. The zero-order valence-electron chi connectivity index (χ0n) is 17.7. The molecule has 0 aliphatic carbocycles. The molecular weight excluding hydrogens is 440 g/mol. The molecule has 1 fully saturated rings. The van der Waals surface area contributed by atoms with Crippen LogP contribution in [-0.4, -0.2) is 63.9 Å². The van der Waals surface area contributed by atoms with Crippen LogP contribution in [0.15, 0.2) is 46.4 Å². The van der Waals surface area contributed by atoms with E-state index < -0.39 is 20.6 Å². The number of nitro groups is 1. The molecule has 3 rings (SSSR count). The summed E-state index contributed by atoms with van der Waals surface area (Å²) in [7, 11) is -2.32. The van der Waals surface area contributed by atoms with Crippen LogP contribution < -0.4 is 14.9 Å². The first-order valence-electron chi connectivity index (χ1n) is 9.83. The van der Waals surface area contributed by atoms with Gasteiger partial charge in [-0.25, -0.2) is 8.42 Å². The van der Waals surface area contributed by atoms with Gasteiger partial charge in [0.25, 0.3) is 5.69 Å². The minimum absolute atomic E-state index is 0.0609. The Balaban J connectivity index is 1.81. The summed E-state index contributed by atoms with van der Waals surface area (Å²) in [5.74, 6) is 1.12. The fourth-order valence-electron chi connectivity index (χ4n) is 3.07. The van der Waals surface area contributed by atoms with E-state index in [1.807, 2.05) is 6.92 Å². The van der Waals surface area contributed by atoms with Crippen LogP contribution in [0.4, 0.5) is 11.4 Å². The molecule has 32 heavy (non-hydrogen) atoms. The van der Waals surface area contributed by atoms with E-state index >= 15 is 0 Å². The van der Waals surface area contributed by atoms with Crippen molar-refractivity contribution in [3.05, 3.63) is 52.1 Å². The number of methoxy groups -OCH3 is 1. The van der Waals surface area contributed by atoms with Gasteiger partial charge < -0.3 is 14.2 Å². The number of hydrogen-bond donors (Lipinski definition) is 1. The normalized spacial score (nSPS) is 14.9. The Morgan fingerprint density at radius 3 is 2.62 bits per heavy atom. The summed E-state index contributed by atoms with van der Waals surface area (Å²) in [6.45, 7) is 3.28. The molecule has 0 saturated carbocycles. The molecule has 0 radical (unpaired) electrons. The minimum atomic E-state index is -3.86. The quantitative estimate of drug-likeness (QED) is 0.340. The summed E-state index contributed by atoms with van der Waals surface area (Å²) in [5, 5.41) is 15.6. The third-order valence-corrected chi connectivity index (χ3v) is 6.55. The highest BCUT2D eigenvalue weighted by Gasteiger charge is 2.28. The van der Waals surface area contributed by atoms with Crippen molar-refractivity contribution in [1.29, 1.82) is 0 Å². The molecule has 0 atom stereocenters. The van der Waals surface area contributed by atoms with Gasteiger partial charge in [-0.05, 0) is 42.8 Å². The predicted octanol–water partition coefficient (Wildman–Crippen LogP) is 2.47. The predicted molar refractivity (Wildman–Crippen MR) is 118 cm³/mol. The highest BCUT2D eigenvalue weighted by molar-refractivity contribution is 7.89. The SMILES string of the molecule is CCOc1cc(/C=N/Nc2ccc(S(=O)(=O)N3CCOCC3)cc2[N+](=O)[O-])ccc1OC. The van der Waals surface area contributed by atoms with Crippen molar-refractivity contribution in [2.75, 3.05) is 45.4 Å². The smallest absolute Gasteiger partial charge is 0.295 e. The minimum Gasteiger partial charge on any atom is -0.493 e. The van der Waals surface area contributed by atoms with Crippen molar-refractivity contribution >= 4 is 27.6 Å². The maximum Gasteiger partial charge on any atom is 0.295 e. The van der Waals surface area contributed by atoms with Crippen LogP contribution in [0.25, 0.3) is 0 Å². The number of anilines is 1. The number of benzene rings is 2. The van der Waals surface area contributed by atoms with E-state index in [1.54, 1.807) is 18.2 Å². The molecule has 1 aliphatic rings. The third kappa shape index (κ3) is 5.33. The van der Waals surface area contributed by atoms with Gasteiger partial charge in [-0.2, -0.15) is 9.41 Å². The number of ether oxygens (including phenoxy) is 3. The Morgan fingerprint density at radius 1 is 1.22 bits per heavy atom. The van der Waals surface area contributed by atoms with Gasteiger partial charge >= 0.3 is 0 Å². The maximum atomic E-state index is 12.8. The molecule has 0 unspecified atom stereocenters. The Labute approximate surface area is 185 Å².